The van der Waals surface area contributed by atoms with Gasteiger partial charge in [-0.15, -0.1) is 11.3 Å². The summed E-state index contributed by atoms with van der Waals surface area (Å²) in [6.45, 7) is 4.08. The highest BCUT2D eigenvalue weighted by molar-refractivity contribution is 7.93. The molecule has 1 fully saturated rings. The van der Waals surface area contributed by atoms with Crippen LogP contribution in [0.25, 0.3) is 0 Å². The summed E-state index contributed by atoms with van der Waals surface area (Å²) in [5.41, 5.74) is 0. The van der Waals surface area contributed by atoms with Crippen molar-refractivity contribution in [2.45, 2.75) is 44.2 Å². The molecule has 3 rings (SSSR count). The van der Waals surface area contributed by atoms with Crippen molar-refractivity contribution in [1.82, 2.24) is 10.3 Å². The normalized spacial score (nSPS) is 15.3. The van der Waals surface area contributed by atoms with Crippen molar-refractivity contribution in [1.29, 1.82) is 0 Å². The molecule has 1 saturated carbocycles. The van der Waals surface area contributed by atoms with Crippen LogP contribution in [0.4, 0.5) is 5.13 Å². The smallest absolute Gasteiger partial charge is 0.267 e. The van der Waals surface area contributed by atoms with Gasteiger partial charge in [0.25, 0.3) is 10.0 Å². The fourth-order valence-corrected chi connectivity index (χ4v) is 4.09. The SMILES string of the molecule is Cc1cnc(NS(=O)(=O)c2cc(CNC3CC3)oc2C)s1. The third-order valence-electron chi connectivity index (χ3n) is 3.20. The van der Waals surface area contributed by atoms with Gasteiger partial charge in [-0.3, -0.25) is 4.72 Å². The molecule has 0 aliphatic heterocycles. The van der Waals surface area contributed by atoms with Crippen molar-refractivity contribution < 1.29 is 12.8 Å². The number of thiazole rings is 1. The van der Waals surface area contributed by atoms with Gasteiger partial charge in [0.1, 0.15) is 16.4 Å². The number of hydrogen-bond donors (Lipinski definition) is 2. The molecule has 21 heavy (non-hydrogen) atoms. The van der Waals surface area contributed by atoms with E-state index in [1.165, 1.54) is 24.2 Å². The van der Waals surface area contributed by atoms with Gasteiger partial charge in [0.15, 0.2) is 5.13 Å². The molecule has 1 aliphatic carbocycles. The Bertz CT molecular complexity index is 745. The summed E-state index contributed by atoms with van der Waals surface area (Å²) < 4.78 is 32.8. The Morgan fingerprint density at radius 3 is 2.81 bits per heavy atom. The van der Waals surface area contributed by atoms with Crippen LogP contribution in [0.3, 0.4) is 0 Å². The molecule has 0 unspecified atom stereocenters. The maximum Gasteiger partial charge on any atom is 0.267 e. The molecule has 0 spiro atoms. The first-order valence-corrected chi connectivity index (χ1v) is 9.02. The number of furan rings is 1. The molecule has 114 valence electrons. The van der Waals surface area contributed by atoms with Gasteiger partial charge in [-0.2, -0.15) is 0 Å². The summed E-state index contributed by atoms with van der Waals surface area (Å²) in [5.74, 6) is 1.03. The molecule has 1 aliphatic rings. The molecule has 2 heterocycles. The molecule has 0 amide bonds. The minimum atomic E-state index is -3.66. The van der Waals surface area contributed by atoms with Gasteiger partial charge >= 0.3 is 0 Å². The maximum absolute atomic E-state index is 12.4. The number of aromatic nitrogens is 1. The second kappa shape index (κ2) is 5.43. The van der Waals surface area contributed by atoms with Gasteiger partial charge < -0.3 is 9.73 Å². The molecule has 2 aromatic rings. The predicted octanol–water partition coefficient (Wildman–Crippen LogP) is 2.41. The number of rotatable bonds is 6. The lowest BCUT2D eigenvalue weighted by Crippen LogP contribution is -2.15. The predicted molar refractivity (Wildman–Crippen MR) is 81.0 cm³/mol. The standard InChI is InChI=1S/C13H17N3O3S2/c1-8-6-15-13(20-8)16-21(17,18)12-5-11(19-9(12)2)7-14-10-3-4-10/h5-6,10,14H,3-4,7H2,1-2H3,(H,15,16). The van der Waals surface area contributed by atoms with Crippen LogP contribution in [0.1, 0.15) is 29.2 Å². The van der Waals surface area contributed by atoms with Crippen LogP contribution in [-0.4, -0.2) is 19.4 Å². The Labute approximate surface area is 127 Å². The largest absolute Gasteiger partial charge is 0.464 e. The molecule has 0 saturated heterocycles. The van der Waals surface area contributed by atoms with Crippen molar-refractivity contribution in [2.75, 3.05) is 4.72 Å². The highest BCUT2D eigenvalue weighted by Gasteiger charge is 2.24. The molecule has 0 bridgehead atoms. The first-order chi connectivity index (χ1) is 9.94. The van der Waals surface area contributed by atoms with Crippen molar-refractivity contribution in [3.8, 4) is 0 Å². The van der Waals surface area contributed by atoms with E-state index in [0.717, 1.165) is 4.88 Å². The second-order valence-electron chi connectivity index (χ2n) is 5.17. The number of aryl methyl sites for hydroxylation is 2. The van der Waals surface area contributed by atoms with Crippen LogP contribution in [0, 0.1) is 13.8 Å². The van der Waals surface area contributed by atoms with Crippen LogP contribution in [0.15, 0.2) is 21.6 Å². The Morgan fingerprint density at radius 1 is 1.43 bits per heavy atom. The summed E-state index contributed by atoms with van der Waals surface area (Å²) in [6, 6.07) is 2.12. The lowest BCUT2D eigenvalue weighted by Gasteiger charge is -2.02. The lowest BCUT2D eigenvalue weighted by atomic mass is 10.4. The number of hydrogen-bond acceptors (Lipinski definition) is 6. The molecule has 0 radical (unpaired) electrons. The van der Waals surface area contributed by atoms with Crippen LogP contribution in [0.5, 0.6) is 0 Å². The molecule has 0 aromatic carbocycles. The van der Waals surface area contributed by atoms with Gasteiger partial charge in [0.2, 0.25) is 0 Å². The van der Waals surface area contributed by atoms with Crippen LogP contribution in [-0.2, 0) is 16.6 Å². The average Bonchev–Trinajstić information content (AvgIpc) is 3.03. The highest BCUT2D eigenvalue weighted by Crippen LogP contribution is 2.26. The molecular weight excluding hydrogens is 310 g/mol. The van der Waals surface area contributed by atoms with Gasteiger partial charge in [0, 0.05) is 23.2 Å². The first-order valence-electron chi connectivity index (χ1n) is 6.72. The summed E-state index contributed by atoms with van der Waals surface area (Å²) in [4.78, 5) is 5.14. The van der Waals surface area contributed by atoms with Crippen molar-refractivity contribution in [3.63, 3.8) is 0 Å². The van der Waals surface area contributed by atoms with Gasteiger partial charge in [-0.25, -0.2) is 13.4 Å². The van der Waals surface area contributed by atoms with E-state index in [9.17, 15) is 8.42 Å². The van der Waals surface area contributed by atoms with Crippen LogP contribution in [0.2, 0.25) is 0 Å². The number of sulfonamides is 1. The summed E-state index contributed by atoms with van der Waals surface area (Å²) in [6.07, 6.45) is 3.99. The summed E-state index contributed by atoms with van der Waals surface area (Å²) >= 11 is 1.30. The van der Waals surface area contributed by atoms with Gasteiger partial charge in [-0.05, 0) is 26.7 Å². The first kappa shape index (κ1) is 14.6. The van der Waals surface area contributed by atoms with Crippen molar-refractivity contribution in [3.05, 3.63) is 28.7 Å². The monoisotopic (exact) mass is 327 g/mol. The van der Waals surface area contributed by atoms with E-state index in [1.54, 1.807) is 19.2 Å². The lowest BCUT2D eigenvalue weighted by molar-refractivity contribution is 0.456. The van der Waals surface area contributed by atoms with Crippen LogP contribution >= 0.6 is 11.3 Å². The quantitative estimate of drug-likeness (QED) is 0.851. The average molecular weight is 327 g/mol. The second-order valence-corrected chi connectivity index (χ2v) is 8.06. The summed E-state index contributed by atoms with van der Waals surface area (Å²) in [5, 5.41) is 3.67. The Morgan fingerprint density at radius 2 is 2.19 bits per heavy atom. The minimum absolute atomic E-state index is 0.169. The Balaban J connectivity index is 1.77. The van der Waals surface area contributed by atoms with Gasteiger partial charge in [-0.1, -0.05) is 0 Å². The van der Waals surface area contributed by atoms with Crippen molar-refractivity contribution >= 4 is 26.5 Å². The highest BCUT2D eigenvalue weighted by atomic mass is 32.2. The zero-order valence-corrected chi connectivity index (χ0v) is 13.5. The Kier molecular flexibility index (Phi) is 3.76. The number of nitrogens with one attached hydrogen (secondary N) is 2. The maximum atomic E-state index is 12.4. The van der Waals surface area contributed by atoms with E-state index in [0.29, 0.717) is 29.2 Å². The van der Waals surface area contributed by atoms with E-state index in [1.807, 2.05) is 6.92 Å². The number of anilines is 1. The third kappa shape index (κ3) is 3.45. The zero-order chi connectivity index (χ0) is 15.0. The van der Waals surface area contributed by atoms with E-state index < -0.39 is 10.0 Å². The fraction of sp³-hybridized carbons (Fsp3) is 0.462. The van der Waals surface area contributed by atoms with E-state index in [-0.39, 0.29) is 4.90 Å². The summed E-state index contributed by atoms with van der Waals surface area (Å²) in [7, 11) is -3.66. The fourth-order valence-electron chi connectivity index (χ4n) is 1.98. The van der Waals surface area contributed by atoms with E-state index >= 15 is 0 Å². The zero-order valence-electron chi connectivity index (χ0n) is 11.8. The molecule has 8 heteroatoms. The minimum Gasteiger partial charge on any atom is -0.464 e. The third-order valence-corrected chi connectivity index (χ3v) is 5.60. The number of nitrogens with zero attached hydrogens (tertiary/aromatic N) is 1. The van der Waals surface area contributed by atoms with E-state index in [4.69, 9.17) is 4.42 Å². The molecule has 6 nitrogen and oxygen atoms in total. The van der Waals surface area contributed by atoms with E-state index in [2.05, 4.69) is 15.0 Å². The molecule has 0 atom stereocenters. The van der Waals surface area contributed by atoms with Gasteiger partial charge in [0.05, 0.1) is 6.54 Å². The molecule has 2 N–H and O–H groups in total. The topological polar surface area (TPSA) is 84.2 Å². The molecule has 2 aromatic heterocycles. The molecular formula is C13H17N3O3S2. The Hall–Kier alpha value is -1.38. The van der Waals surface area contributed by atoms with Crippen LogP contribution < -0.4 is 10.0 Å². The van der Waals surface area contributed by atoms with Crippen molar-refractivity contribution in [2.24, 2.45) is 0 Å².